The maximum Gasteiger partial charge on any atom is 0.312 e. The normalized spacial score (nSPS) is 36.9. The lowest BCUT2D eigenvalue weighted by Crippen LogP contribution is -2.51. The van der Waals surface area contributed by atoms with Crippen LogP contribution in [0.4, 0.5) is 0 Å². The molecule has 4 aliphatic carbocycles. The molecule has 0 radical (unpaired) electrons. The summed E-state index contributed by atoms with van der Waals surface area (Å²) < 4.78 is 6.19. The lowest BCUT2D eigenvalue weighted by atomic mass is 9.47. The van der Waals surface area contributed by atoms with Gasteiger partial charge in [0.15, 0.2) is 0 Å². The molecule has 0 bridgehead atoms. The quantitative estimate of drug-likeness (QED) is 0.112. The van der Waals surface area contributed by atoms with Crippen LogP contribution in [0.15, 0.2) is 11.6 Å². The number of rotatable bonds is 13. The van der Waals surface area contributed by atoms with Crippen LogP contribution in [0.5, 0.6) is 0 Å². The van der Waals surface area contributed by atoms with Crippen molar-refractivity contribution in [1.29, 1.82) is 0 Å². The fourth-order valence-corrected chi connectivity index (χ4v) is 9.40. The number of hydrogen-bond donors (Lipinski definition) is 3. The van der Waals surface area contributed by atoms with E-state index in [0.717, 1.165) is 42.4 Å². The Morgan fingerprint density at radius 3 is 2.68 bits per heavy atom. The molecule has 0 heterocycles. The number of amides is 1. The van der Waals surface area contributed by atoms with E-state index in [1.54, 1.807) is 5.57 Å². The average molecular weight is 531 g/mol. The molecule has 3 fully saturated rings. The van der Waals surface area contributed by atoms with Crippen LogP contribution in [0.1, 0.15) is 111 Å². The van der Waals surface area contributed by atoms with Gasteiger partial charge in [-0.15, -0.1) is 0 Å². The van der Waals surface area contributed by atoms with Crippen LogP contribution >= 0.6 is 0 Å². The van der Waals surface area contributed by atoms with E-state index < -0.39 is 18.3 Å². The summed E-state index contributed by atoms with van der Waals surface area (Å²) in [5.74, 6) is 2.85. The van der Waals surface area contributed by atoms with E-state index in [0.29, 0.717) is 30.7 Å². The minimum absolute atomic E-state index is 0.258. The second-order valence-electron chi connectivity index (χ2n) is 13.6. The van der Waals surface area contributed by atoms with E-state index in [-0.39, 0.29) is 6.10 Å². The number of carbonyl (C=O) groups excluding carboxylic acids is 1. The summed E-state index contributed by atoms with van der Waals surface area (Å²) in [6.07, 6.45) is 18.4. The van der Waals surface area contributed by atoms with Gasteiger partial charge >= 0.3 is 5.97 Å². The number of fused-ring (bicyclic) bond motifs is 5. The molecule has 6 heteroatoms. The zero-order chi connectivity index (χ0) is 27.3. The van der Waals surface area contributed by atoms with Gasteiger partial charge in [-0.2, -0.15) is 0 Å². The van der Waals surface area contributed by atoms with Crippen molar-refractivity contribution < 1.29 is 19.4 Å². The Labute approximate surface area is 231 Å². The summed E-state index contributed by atoms with van der Waals surface area (Å²) in [6.45, 7) is 11.6. The Kier molecular flexibility index (Phi) is 10.00. The summed E-state index contributed by atoms with van der Waals surface area (Å²) in [5.41, 5.74) is 2.55. The first kappa shape index (κ1) is 29.6. The van der Waals surface area contributed by atoms with E-state index in [4.69, 9.17) is 9.84 Å². The van der Waals surface area contributed by atoms with Crippen LogP contribution in [0, 0.1) is 40.4 Å². The molecule has 3 saturated carbocycles. The number of hydrogen-bond acceptors (Lipinski definition) is 4. The summed E-state index contributed by atoms with van der Waals surface area (Å²) in [5, 5.41) is 14.5. The fraction of sp³-hybridized carbons (Fsp3) is 0.875. The molecule has 216 valence electrons. The molecule has 0 aromatic heterocycles. The highest BCUT2D eigenvalue weighted by atomic mass is 16.5. The van der Waals surface area contributed by atoms with Crippen molar-refractivity contribution in [3.63, 3.8) is 0 Å². The largest absolute Gasteiger partial charge is 0.481 e. The first-order valence-corrected chi connectivity index (χ1v) is 15.7. The molecule has 4 rings (SSSR count). The molecular weight excluding hydrogens is 476 g/mol. The molecule has 6 nitrogen and oxygen atoms in total. The lowest BCUT2D eigenvalue weighted by Gasteiger charge is -2.58. The highest BCUT2D eigenvalue weighted by Gasteiger charge is 2.59. The van der Waals surface area contributed by atoms with Gasteiger partial charge in [-0.1, -0.05) is 65.0 Å². The molecule has 0 saturated heterocycles. The monoisotopic (exact) mass is 530 g/mol. The first-order chi connectivity index (χ1) is 18.2. The first-order valence-electron chi connectivity index (χ1n) is 15.7. The van der Waals surface area contributed by atoms with E-state index in [2.05, 4.69) is 44.4 Å². The average Bonchev–Trinajstić information content (AvgIpc) is 3.23. The van der Waals surface area contributed by atoms with Crippen LogP contribution in [0.2, 0.25) is 0 Å². The molecule has 8 atom stereocenters. The number of unbranched alkanes of at least 4 members (excludes halogenated alkanes) is 2. The SMILES string of the molecule is CCCCC[C@@H](C)[C@H]1CC[C@H]2[C@@H]3CC=C4C[C@@H](OCNCCNC(=O)CC(=O)O)CC[C@]4(C)[C@H]3CC[C@]12C. The van der Waals surface area contributed by atoms with Crippen molar-refractivity contribution in [2.45, 2.75) is 117 Å². The van der Waals surface area contributed by atoms with Gasteiger partial charge in [0.05, 0.1) is 12.8 Å². The standard InChI is InChI=1S/C32H54N2O4/c1-5-6-7-8-22(2)26-11-12-27-25-10-9-23-19-24(38-21-33-17-18-34-29(35)20-30(36)37)13-15-31(23,3)28(25)14-16-32(26,27)4/h9,22,24-28,33H,5-8,10-21H2,1-4H3,(H,34,35)(H,36,37)/t22-,24+,25+,26-,27+,28+,31+,32-/m1/s1. The minimum atomic E-state index is -1.10. The number of carboxylic acids is 1. The molecule has 4 aliphatic rings. The summed E-state index contributed by atoms with van der Waals surface area (Å²) in [6, 6.07) is 0. The summed E-state index contributed by atoms with van der Waals surface area (Å²) in [7, 11) is 0. The number of allylic oxidation sites excluding steroid dienone is 1. The van der Waals surface area contributed by atoms with Crippen molar-refractivity contribution in [2.75, 3.05) is 19.8 Å². The predicted molar refractivity (Wildman–Crippen MR) is 152 cm³/mol. The van der Waals surface area contributed by atoms with Gasteiger partial charge in [-0.25, -0.2) is 0 Å². The third-order valence-electron chi connectivity index (χ3n) is 11.4. The Balaban J connectivity index is 1.27. The van der Waals surface area contributed by atoms with Gasteiger partial charge in [0, 0.05) is 13.1 Å². The predicted octanol–water partition coefficient (Wildman–Crippen LogP) is 6.31. The molecular formula is C32H54N2O4. The van der Waals surface area contributed by atoms with Gasteiger partial charge < -0.3 is 15.2 Å². The van der Waals surface area contributed by atoms with Crippen molar-refractivity contribution >= 4 is 11.9 Å². The Hall–Kier alpha value is -1.40. The zero-order valence-corrected chi connectivity index (χ0v) is 24.5. The molecule has 0 aliphatic heterocycles. The summed E-state index contributed by atoms with van der Waals surface area (Å²) >= 11 is 0. The molecule has 3 N–H and O–H groups in total. The van der Waals surface area contributed by atoms with E-state index >= 15 is 0 Å². The number of nitrogens with one attached hydrogen (secondary N) is 2. The van der Waals surface area contributed by atoms with Gasteiger partial charge in [0.1, 0.15) is 6.42 Å². The molecule has 0 spiro atoms. The number of ether oxygens (including phenoxy) is 1. The van der Waals surface area contributed by atoms with Crippen LogP contribution in [-0.4, -0.2) is 42.9 Å². The highest BCUT2D eigenvalue weighted by molar-refractivity contribution is 5.93. The lowest BCUT2D eigenvalue weighted by molar-refractivity contribution is -0.140. The Morgan fingerprint density at radius 2 is 1.92 bits per heavy atom. The van der Waals surface area contributed by atoms with Crippen molar-refractivity contribution in [3.8, 4) is 0 Å². The third-order valence-corrected chi connectivity index (χ3v) is 11.4. The van der Waals surface area contributed by atoms with E-state index in [1.165, 1.54) is 64.2 Å². The smallest absolute Gasteiger partial charge is 0.312 e. The number of carbonyl (C=O) groups is 2. The second-order valence-corrected chi connectivity index (χ2v) is 13.6. The van der Waals surface area contributed by atoms with Gasteiger partial charge in [0.25, 0.3) is 0 Å². The van der Waals surface area contributed by atoms with Gasteiger partial charge in [-0.3, -0.25) is 14.9 Å². The highest BCUT2D eigenvalue weighted by Crippen LogP contribution is 2.67. The van der Waals surface area contributed by atoms with Crippen molar-refractivity contribution in [1.82, 2.24) is 10.6 Å². The van der Waals surface area contributed by atoms with Gasteiger partial charge in [-0.05, 0) is 91.8 Å². The summed E-state index contributed by atoms with van der Waals surface area (Å²) in [4.78, 5) is 22.0. The minimum Gasteiger partial charge on any atom is -0.481 e. The van der Waals surface area contributed by atoms with E-state index in [9.17, 15) is 9.59 Å². The van der Waals surface area contributed by atoms with Crippen molar-refractivity contribution in [3.05, 3.63) is 11.6 Å². The van der Waals surface area contributed by atoms with Crippen LogP contribution in [0.3, 0.4) is 0 Å². The molecule has 0 aromatic carbocycles. The fourth-order valence-electron chi connectivity index (χ4n) is 9.40. The molecule has 38 heavy (non-hydrogen) atoms. The number of aliphatic carboxylic acids is 1. The van der Waals surface area contributed by atoms with Gasteiger partial charge in [0.2, 0.25) is 5.91 Å². The topological polar surface area (TPSA) is 87.7 Å². The van der Waals surface area contributed by atoms with Crippen molar-refractivity contribution in [2.24, 2.45) is 40.4 Å². The molecule has 0 aromatic rings. The van der Waals surface area contributed by atoms with Crippen LogP contribution < -0.4 is 10.6 Å². The molecule has 0 unspecified atom stereocenters. The maximum atomic E-state index is 11.4. The van der Waals surface area contributed by atoms with Crippen LogP contribution in [0.25, 0.3) is 0 Å². The molecule has 1 amide bonds. The Morgan fingerprint density at radius 1 is 1.11 bits per heavy atom. The number of carboxylic acid groups (broad SMARTS) is 1. The third kappa shape index (κ3) is 6.32. The van der Waals surface area contributed by atoms with E-state index in [1.807, 2.05) is 0 Å². The Bertz CT molecular complexity index is 858. The zero-order valence-electron chi connectivity index (χ0n) is 24.5. The second kappa shape index (κ2) is 12.8. The van der Waals surface area contributed by atoms with Crippen LogP contribution in [-0.2, 0) is 14.3 Å². The maximum absolute atomic E-state index is 11.4.